The van der Waals surface area contributed by atoms with Gasteiger partial charge in [-0.15, -0.1) is 0 Å². The summed E-state index contributed by atoms with van der Waals surface area (Å²) in [6.45, 7) is 2.06. The van der Waals surface area contributed by atoms with Crippen LogP contribution in [0.1, 0.15) is 28.9 Å². The molecule has 10 heteroatoms. The lowest BCUT2D eigenvalue weighted by Crippen LogP contribution is -2.23. The number of carbonyl (C=O) groups is 1. The molecular weight excluding hydrogens is 483 g/mol. The number of benzene rings is 2. The largest absolute Gasteiger partial charge is 0.383 e. The molecule has 1 aliphatic rings. The molecule has 0 atom stereocenters. The number of amides is 1. The van der Waals surface area contributed by atoms with Crippen molar-refractivity contribution < 1.29 is 9.18 Å². The first-order chi connectivity index (χ1) is 18.6. The molecule has 38 heavy (non-hydrogen) atoms. The molecule has 0 bridgehead atoms. The monoisotopic (exact) mass is 508 g/mol. The van der Waals surface area contributed by atoms with E-state index in [1.54, 1.807) is 35.1 Å². The summed E-state index contributed by atoms with van der Waals surface area (Å²) in [5.74, 6) is -0.252. The van der Waals surface area contributed by atoms with Crippen molar-refractivity contribution in [3.05, 3.63) is 90.3 Å². The lowest BCUT2D eigenvalue weighted by molar-refractivity contribution is 0.0946. The molecule has 9 nitrogen and oxygen atoms in total. The summed E-state index contributed by atoms with van der Waals surface area (Å²) in [6, 6.07) is 17.9. The molecule has 0 unspecified atom stereocenters. The number of pyridine rings is 1. The minimum absolute atomic E-state index is 0.243. The molecule has 4 heterocycles. The summed E-state index contributed by atoms with van der Waals surface area (Å²) in [5, 5.41) is 8.24. The number of aromatic nitrogens is 5. The van der Waals surface area contributed by atoms with E-state index in [9.17, 15) is 4.79 Å². The van der Waals surface area contributed by atoms with Crippen molar-refractivity contribution in [1.82, 2.24) is 30.0 Å². The van der Waals surface area contributed by atoms with Gasteiger partial charge in [0.05, 0.1) is 16.8 Å². The third-order valence-corrected chi connectivity index (χ3v) is 6.69. The predicted octanol–water partition coefficient (Wildman–Crippen LogP) is 4.13. The molecule has 1 aliphatic heterocycles. The molecule has 1 fully saturated rings. The van der Waals surface area contributed by atoms with Crippen LogP contribution >= 0.6 is 0 Å². The van der Waals surface area contributed by atoms with Crippen LogP contribution in [0.15, 0.2) is 73.2 Å². The van der Waals surface area contributed by atoms with Gasteiger partial charge >= 0.3 is 0 Å². The van der Waals surface area contributed by atoms with E-state index in [4.69, 9.17) is 10.8 Å². The van der Waals surface area contributed by atoms with Gasteiger partial charge in [-0.1, -0.05) is 30.3 Å². The number of hydrogen-bond acceptors (Lipinski definition) is 7. The summed E-state index contributed by atoms with van der Waals surface area (Å²) >= 11 is 0. The van der Waals surface area contributed by atoms with Gasteiger partial charge in [0.2, 0.25) is 0 Å². The SMILES string of the molecule is Nc1ncnc2c1c(-c1ccc(CNC(=O)c3ccccn3)cc1)nn2-c1ccc(N2CCCC2)c(F)c1. The van der Waals surface area contributed by atoms with Gasteiger partial charge in [-0.25, -0.2) is 19.0 Å². The summed E-state index contributed by atoms with van der Waals surface area (Å²) in [4.78, 5) is 27.0. The third-order valence-electron chi connectivity index (χ3n) is 6.69. The number of halogens is 1. The fourth-order valence-corrected chi connectivity index (χ4v) is 4.75. The van der Waals surface area contributed by atoms with Crippen LogP contribution in [0.5, 0.6) is 0 Å². The minimum Gasteiger partial charge on any atom is -0.383 e. The van der Waals surface area contributed by atoms with Crippen LogP contribution in [0, 0.1) is 5.82 Å². The Balaban J connectivity index is 1.30. The highest BCUT2D eigenvalue weighted by molar-refractivity contribution is 5.99. The van der Waals surface area contributed by atoms with Gasteiger partial charge < -0.3 is 16.0 Å². The second-order valence-electron chi connectivity index (χ2n) is 9.14. The van der Waals surface area contributed by atoms with Crippen LogP contribution in [0.2, 0.25) is 0 Å². The van der Waals surface area contributed by atoms with Gasteiger partial charge in [0.25, 0.3) is 5.91 Å². The number of nitrogens with two attached hydrogens (primary N) is 1. The molecule has 6 rings (SSSR count). The predicted molar refractivity (Wildman–Crippen MR) is 143 cm³/mol. The zero-order chi connectivity index (χ0) is 26.1. The van der Waals surface area contributed by atoms with E-state index in [-0.39, 0.29) is 17.5 Å². The van der Waals surface area contributed by atoms with Crippen molar-refractivity contribution in [2.45, 2.75) is 19.4 Å². The molecule has 3 aromatic heterocycles. The molecule has 3 N–H and O–H groups in total. The first-order valence-corrected chi connectivity index (χ1v) is 12.4. The van der Waals surface area contributed by atoms with Crippen molar-refractivity contribution >= 4 is 28.4 Å². The Hall–Kier alpha value is -4.86. The van der Waals surface area contributed by atoms with Crippen LogP contribution in [0.4, 0.5) is 15.9 Å². The first-order valence-electron chi connectivity index (χ1n) is 12.4. The van der Waals surface area contributed by atoms with E-state index in [1.165, 1.54) is 12.4 Å². The summed E-state index contributed by atoms with van der Waals surface area (Å²) in [7, 11) is 0. The van der Waals surface area contributed by atoms with Crippen molar-refractivity contribution in [3.8, 4) is 16.9 Å². The molecule has 1 amide bonds. The molecule has 2 aromatic carbocycles. The number of hydrogen-bond donors (Lipinski definition) is 2. The Labute approximate surface area is 218 Å². The maximum atomic E-state index is 15.1. The van der Waals surface area contributed by atoms with Gasteiger partial charge in [-0.05, 0) is 42.7 Å². The molecule has 0 aliphatic carbocycles. The lowest BCUT2D eigenvalue weighted by atomic mass is 10.1. The molecule has 0 saturated carbocycles. The fourth-order valence-electron chi connectivity index (χ4n) is 4.75. The lowest BCUT2D eigenvalue weighted by Gasteiger charge is -2.18. The third kappa shape index (κ3) is 4.40. The highest BCUT2D eigenvalue weighted by atomic mass is 19.1. The van der Waals surface area contributed by atoms with Crippen LogP contribution < -0.4 is 16.0 Å². The highest BCUT2D eigenvalue weighted by Gasteiger charge is 2.21. The second-order valence-corrected chi connectivity index (χ2v) is 9.14. The number of carbonyl (C=O) groups excluding carboxylic acids is 1. The summed E-state index contributed by atoms with van der Waals surface area (Å²) in [6.07, 6.45) is 5.10. The van der Waals surface area contributed by atoms with Crippen LogP contribution in [-0.2, 0) is 6.54 Å². The standard InChI is InChI=1S/C28H25FN8O/c29-21-15-20(10-11-23(21)36-13-3-4-14-36)37-27-24(26(30)33-17-34-27)25(35-37)19-8-6-18(7-9-19)16-32-28(38)22-5-1-2-12-31-22/h1-2,5-12,15,17H,3-4,13-14,16H2,(H,32,38)(H2,30,33,34). The Morgan fingerprint density at radius 2 is 1.82 bits per heavy atom. The Morgan fingerprint density at radius 1 is 1.00 bits per heavy atom. The van der Waals surface area contributed by atoms with E-state index in [1.807, 2.05) is 30.3 Å². The Bertz CT molecular complexity index is 1610. The van der Waals surface area contributed by atoms with E-state index >= 15 is 4.39 Å². The van der Waals surface area contributed by atoms with E-state index in [0.29, 0.717) is 40.3 Å². The van der Waals surface area contributed by atoms with Gasteiger partial charge in [0.1, 0.15) is 29.4 Å². The van der Waals surface area contributed by atoms with Crippen LogP contribution in [0.25, 0.3) is 28.0 Å². The molecule has 5 aromatic rings. The Kier molecular flexibility index (Phi) is 6.12. The van der Waals surface area contributed by atoms with Crippen molar-refractivity contribution in [3.63, 3.8) is 0 Å². The second kappa shape index (κ2) is 9.89. The zero-order valence-corrected chi connectivity index (χ0v) is 20.5. The average Bonchev–Trinajstić information content (AvgIpc) is 3.62. The molecule has 1 saturated heterocycles. The molecule has 190 valence electrons. The Morgan fingerprint density at radius 3 is 2.55 bits per heavy atom. The van der Waals surface area contributed by atoms with Crippen molar-refractivity contribution in [2.24, 2.45) is 0 Å². The first kappa shape index (κ1) is 23.5. The summed E-state index contributed by atoms with van der Waals surface area (Å²) in [5.41, 5.74) is 10.5. The fraction of sp³-hybridized carbons (Fsp3) is 0.179. The minimum atomic E-state index is -0.297. The number of anilines is 2. The van der Waals surface area contributed by atoms with Gasteiger partial charge in [0.15, 0.2) is 5.65 Å². The zero-order valence-electron chi connectivity index (χ0n) is 20.5. The maximum Gasteiger partial charge on any atom is 0.270 e. The number of fused-ring (bicyclic) bond motifs is 1. The quantitative estimate of drug-likeness (QED) is 0.354. The number of nitrogen functional groups attached to an aromatic ring is 1. The number of nitrogens with zero attached hydrogens (tertiary/aromatic N) is 6. The topological polar surface area (TPSA) is 115 Å². The maximum absolute atomic E-state index is 15.1. The van der Waals surface area contributed by atoms with E-state index in [0.717, 1.165) is 37.1 Å². The normalized spacial score (nSPS) is 13.2. The molecule has 0 spiro atoms. The van der Waals surface area contributed by atoms with E-state index < -0.39 is 0 Å². The average molecular weight is 509 g/mol. The van der Waals surface area contributed by atoms with Crippen LogP contribution in [-0.4, -0.2) is 43.7 Å². The van der Waals surface area contributed by atoms with Crippen molar-refractivity contribution in [2.75, 3.05) is 23.7 Å². The van der Waals surface area contributed by atoms with Gasteiger partial charge in [-0.2, -0.15) is 5.10 Å². The summed E-state index contributed by atoms with van der Waals surface area (Å²) < 4.78 is 16.7. The smallest absolute Gasteiger partial charge is 0.270 e. The molecule has 0 radical (unpaired) electrons. The highest BCUT2D eigenvalue weighted by Crippen LogP contribution is 2.33. The number of rotatable bonds is 6. The van der Waals surface area contributed by atoms with Gasteiger partial charge in [-0.3, -0.25) is 9.78 Å². The number of nitrogens with one attached hydrogen (secondary N) is 1. The van der Waals surface area contributed by atoms with Gasteiger partial charge in [0, 0.05) is 37.5 Å². The molecular formula is C28H25FN8O. The van der Waals surface area contributed by atoms with E-state index in [2.05, 4.69) is 25.2 Å². The van der Waals surface area contributed by atoms with Crippen LogP contribution in [0.3, 0.4) is 0 Å². The van der Waals surface area contributed by atoms with Crippen molar-refractivity contribution in [1.29, 1.82) is 0 Å².